The van der Waals surface area contributed by atoms with Gasteiger partial charge in [0, 0.05) is 0 Å². The lowest BCUT2D eigenvalue weighted by atomic mass is 9.98. The van der Waals surface area contributed by atoms with Gasteiger partial charge in [-0.25, -0.2) is 0 Å². The van der Waals surface area contributed by atoms with Gasteiger partial charge in [0.15, 0.2) is 0 Å². The van der Waals surface area contributed by atoms with Crippen molar-refractivity contribution in [1.29, 1.82) is 0 Å². The Morgan fingerprint density at radius 2 is 0.250 bits per heavy atom. The zero-order chi connectivity index (χ0) is 44.4. The van der Waals surface area contributed by atoms with E-state index in [9.17, 15) is 0 Å². The Balaban J connectivity index is 0.000000138. The molecular formula is C64H56. The van der Waals surface area contributed by atoms with Crippen molar-refractivity contribution < 1.29 is 0 Å². The van der Waals surface area contributed by atoms with Gasteiger partial charge in [0.2, 0.25) is 0 Å². The first-order chi connectivity index (χ1) is 31.4. The normalized spacial score (nSPS) is 10.2. The van der Waals surface area contributed by atoms with E-state index in [-0.39, 0.29) is 0 Å². The van der Waals surface area contributed by atoms with Crippen molar-refractivity contribution >= 4 is 0 Å². The van der Waals surface area contributed by atoms with E-state index in [1.165, 1.54) is 89.0 Å². The molecule has 0 fully saturated rings. The standard InChI is InChI=1S/C25H20.C19H16.C13H12.C7H8/c1-19-7-9-21(10-8-19)23-15-17-25(18-16-23)24-13-11-22(12-14-24)20-5-3-2-4-6-20;1-15-7-9-17(10-8-15)19-13-11-18(12-14-19)16-5-3-2-4-6-16;1-11-7-9-13(10-8-11)12-5-3-2-4-6-12;1-7-5-3-2-4-6-7/h2-18H,1H3;2-14H,1H3;2-10H,1H3;2-6H,1H3. The molecule has 0 aliphatic heterocycles. The maximum Gasteiger partial charge on any atom is -0.0184 e. The van der Waals surface area contributed by atoms with Crippen LogP contribution in [0.25, 0.3) is 66.8 Å². The third-order valence-electron chi connectivity index (χ3n) is 11.1. The first-order valence-electron chi connectivity index (χ1n) is 22.1. The third kappa shape index (κ3) is 13.1. The number of aryl methyl sites for hydroxylation is 4. The van der Waals surface area contributed by atoms with E-state index in [1.54, 1.807) is 0 Å². The highest BCUT2D eigenvalue weighted by Crippen LogP contribution is 2.28. The number of benzene rings is 10. The van der Waals surface area contributed by atoms with Crippen molar-refractivity contribution in [3.05, 3.63) is 289 Å². The summed E-state index contributed by atoms with van der Waals surface area (Å²) < 4.78 is 0. The Bertz CT molecular complexity index is 2840. The molecule has 0 nitrogen and oxygen atoms in total. The van der Waals surface area contributed by atoms with Gasteiger partial charge in [-0.2, -0.15) is 0 Å². The molecule has 0 saturated heterocycles. The number of hydrogen-bond acceptors (Lipinski definition) is 0. The molecule has 0 aromatic heterocycles. The highest BCUT2D eigenvalue weighted by Gasteiger charge is 2.03. The molecule has 0 aliphatic rings. The van der Waals surface area contributed by atoms with Crippen LogP contribution in [-0.4, -0.2) is 0 Å². The van der Waals surface area contributed by atoms with Gasteiger partial charge >= 0.3 is 0 Å². The highest BCUT2D eigenvalue weighted by molar-refractivity contribution is 5.74. The maximum absolute atomic E-state index is 2.20. The van der Waals surface area contributed by atoms with Crippen molar-refractivity contribution in [1.82, 2.24) is 0 Å². The van der Waals surface area contributed by atoms with Crippen LogP contribution in [0.5, 0.6) is 0 Å². The smallest absolute Gasteiger partial charge is 0.0184 e. The largest absolute Gasteiger partial charge is 0.0622 e. The maximum atomic E-state index is 2.20. The zero-order valence-electron chi connectivity index (χ0n) is 37.4. The van der Waals surface area contributed by atoms with E-state index in [0.717, 1.165) is 0 Å². The molecule has 0 atom stereocenters. The average Bonchev–Trinajstić information content (AvgIpc) is 3.37. The van der Waals surface area contributed by atoms with Gasteiger partial charge in [0.1, 0.15) is 0 Å². The topological polar surface area (TPSA) is 0 Å². The van der Waals surface area contributed by atoms with Crippen molar-refractivity contribution in [2.75, 3.05) is 0 Å². The van der Waals surface area contributed by atoms with Crippen LogP contribution >= 0.6 is 0 Å². The van der Waals surface area contributed by atoms with E-state index >= 15 is 0 Å². The fourth-order valence-corrected chi connectivity index (χ4v) is 7.23. The van der Waals surface area contributed by atoms with Gasteiger partial charge in [0.05, 0.1) is 0 Å². The Hall–Kier alpha value is -7.80. The lowest BCUT2D eigenvalue weighted by molar-refractivity contribution is 1.47. The first kappa shape index (κ1) is 44.3. The summed E-state index contributed by atoms with van der Waals surface area (Å²) in [5.74, 6) is 0. The van der Waals surface area contributed by atoms with Crippen LogP contribution in [0.2, 0.25) is 0 Å². The predicted octanol–water partition coefficient (Wildman–Crippen LogP) is 18.0. The summed E-state index contributed by atoms with van der Waals surface area (Å²) in [6.45, 7) is 8.42. The first-order valence-corrected chi connectivity index (χ1v) is 22.1. The molecule has 0 saturated carbocycles. The van der Waals surface area contributed by atoms with Gasteiger partial charge in [-0.3, -0.25) is 0 Å². The van der Waals surface area contributed by atoms with E-state index in [2.05, 4.69) is 258 Å². The highest BCUT2D eigenvalue weighted by atomic mass is 14.1. The summed E-state index contributed by atoms with van der Waals surface area (Å²) in [5, 5.41) is 0. The van der Waals surface area contributed by atoms with E-state index in [0.29, 0.717) is 0 Å². The molecule has 10 rings (SSSR count). The van der Waals surface area contributed by atoms with E-state index in [4.69, 9.17) is 0 Å². The second-order valence-corrected chi connectivity index (χ2v) is 16.1. The van der Waals surface area contributed by atoms with Crippen LogP contribution in [0.3, 0.4) is 0 Å². The Morgan fingerprint density at radius 1 is 0.125 bits per heavy atom. The van der Waals surface area contributed by atoms with Gasteiger partial charge in [0.25, 0.3) is 0 Å². The minimum Gasteiger partial charge on any atom is -0.0622 e. The third-order valence-corrected chi connectivity index (χ3v) is 11.1. The van der Waals surface area contributed by atoms with Crippen molar-refractivity contribution in [2.45, 2.75) is 27.7 Å². The van der Waals surface area contributed by atoms with Crippen LogP contribution in [0, 0.1) is 27.7 Å². The van der Waals surface area contributed by atoms with Crippen LogP contribution in [0.15, 0.2) is 267 Å². The van der Waals surface area contributed by atoms with Crippen LogP contribution < -0.4 is 0 Å². The molecular weight excluding hydrogens is 769 g/mol. The summed E-state index contributed by atoms with van der Waals surface area (Å²) >= 11 is 0. The summed E-state index contributed by atoms with van der Waals surface area (Å²) in [5.41, 5.74) is 20.3. The van der Waals surface area contributed by atoms with Crippen LogP contribution in [0.4, 0.5) is 0 Å². The Morgan fingerprint density at radius 3 is 0.406 bits per heavy atom. The SMILES string of the molecule is Cc1ccc(-c2ccc(-c3ccc(-c4ccccc4)cc3)cc2)cc1.Cc1ccc(-c2ccc(-c3ccccc3)cc2)cc1.Cc1ccc(-c2ccccc2)cc1.Cc1ccccc1. The predicted molar refractivity (Wildman–Crippen MR) is 277 cm³/mol. The quantitative estimate of drug-likeness (QED) is 0.157. The van der Waals surface area contributed by atoms with Gasteiger partial charge in [-0.1, -0.05) is 289 Å². The summed E-state index contributed by atoms with van der Waals surface area (Å²) in [4.78, 5) is 0. The molecule has 0 heteroatoms. The zero-order valence-corrected chi connectivity index (χ0v) is 37.4. The van der Waals surface area contributed by atoms with Crippen molar-refractivity contribution in [2.24, 2.45) is 0 Å². The molecule has 0 N–H and O–H groups in total. The second-order valence-electron chi connectivity index (χ2n) is 16.1. The molecule has 0 heterocycles. The van der Waals surface area contributed by atoms with Crippen molar-refractivity contribution in [3.63, 3.8) is 0 Å². The molecule has 0 radical (unpaired) electrons. The number of hydrogen-bond donors (Lipinski definition) is 0. The minimum absolute atomic E-state index is 1.25. The molecule has 0 bridgehead atoms. The molecule has 0 amide bonds. The van der Waals surface area contributed by atoms with Gasteiger partial charge < -0.3 is 0 Å². The molecule has 0 unspecified atom stereocenters. The van der Waals surface area contributed by atoms with Gasteiger partial charge in [-0.05, 0) is 94.5 Å². The molecule has 64 heavy (non-hydrogen) atoms. The molecule has 10 aromatic carbocycles. The van der Waals surface area contributed by atoms with E-state index in [1.807, 2.05) is 36.4 Å². The fraction of sp³-hybridized carbons (Fsp3) is 0.0625. The van der Waals surface area contributed by atoms with Crippen molar-refractivity contribution in [3.8, 4) is 66.8 Å². The molecule has 10 aromatic rings. The minimum atomic E-state index is 1.25. The summed E-state index contributed by atoms with van der Waals surface area (Å²) in [6.07, 6.45) is 0. The fourth-order valence-electron chi connectivity index (χ4n) is 7.23. The van der Waals surface area contributed by atoms with Crippen LogP contribution in [0.1, 0.15) is 22.3 Å². The summed E-state index contributed by atoms with van der Waals surface area (Å²) in [6, 6.07) is 93.9. The summed E-state index contributed by atoms with van der Waals surface area (Å²) in [7, 11) is 0. The monoisotopic (exact) mass is 824 g/mol. The Labute approximate surface area is 381 Å². The lowest BCUT2D eigenvalue weighted by Gasteiger charge is -2.07. The van der Waals surface area contributed by atoms with Gasteiger partial charge in [-0.15, -0.1) is 0 Å². The van der Waals surface area contributed by atoms with E-state index < -0.39 is 0 Å². The Kier molecular flexibility index (Phi) is 15.8. The second kappa shape index (κ2) is 22.9. The molecule has 0 spiro atoms. The average molecular weight is 825 g/mol. The molecule has 312 valence electrons. The lowest BCUT2D eigenvalue weighted by Crippen LogP contribution is -1.82. The number of rotatable bonds is 6. The molecule has 0 aliphatic carbocycles. The van der Waals surface area contributed by atoms with Crippen LogP contribution in [-0.2, 0) is 0 Å².